The smallest absolute Gasteiger partial charge is 0.310 e. The number of carboxylic acid groups (broad SMARTS) is 1. The average Bonchev–Trinajstić information content (AvgIpc) is 2.30. The summed E-state index contributed by atoms with van der Waals surface area (Å²) in [6.07, 6.45) is 0. The van der Waals surface area contributed by atoms with Gasteiger partial charge in [0.2, 0.25) is 0 Å². The van der Waals surface area contributed by atoms with E-state index in [0.717, 1.165) is 11.1 Å². The highest BCUT2D eigenvalue weighted by atomic mass is 16.5. The Morgan fingerprint density at radius 3 is 2.29 bits per heavy atom. The number of carboxylic acids is 1. The van der Waals surface area contributed by atoms with Gasteiger partial charge in [-0.3, -0.25) is 4.79 Å². The molecule has 0 aliphatic carbocycles. The highest BCUT2D eigenvalue weighted by Crippen LogP contribution is 2.39. The molecular weight excluding hydrogens is 220 g/mol. The molecule has 0 spiro atoms. The van der Waals surface area contributed by atoms with Gasteiger partial charge in [0, 0.05) is 5.56 Å². The van der Waals surface area contributed by atoms with Crippen LogP contribution in [-0.2, 0) is 4.79 Å². The van der Waals surface area contributed by atoms with Crippen LogP contribution in [-0.4, -0.2) is 25.3 Å². The first-order valence-electron chi connectivity index (χ1n) is 5.38. The van der Waals surface area contributed by atoms with Gasteiger partial charge in [-0.05, 0) is 38.0 Å². The Balaban J connectivity index is 3.53. The number of ether oxygens (including phenoxy) is 2. The molecule has 0 saturated carbocycles. The Morgan fingerprint density at radius 1 is 1.29 bits per heavy atom. The SMILES string of the molecule is COc1cc(C)c(C)c(C(C)C(=O)O)c1OC. The number of hydrogen-bond acceptors (Lipinski definition) is 3. The van der Waals surface area contributed by atoms with Gasteiger partial charge in [0.05, 0.1) is 20.1 Å². The van der Waals surface area contributed by atoms with Crippen LogP contribution in [0.1, 0.15) is 29.5 Å². The number of aliphatic carboxylic acids is 1. The van der Waals surface area contributed by atoms with Crippen molar-refractivity contribution in [3.05, 3.63) is 22.8 Å². The molecule has 0 heterocycles. The second kappa shape index (κ2) is 5.08. The fourth-order valence-corrected chi connectivity index (χ4v) is 1.89. The lowest BCUT2D eigenvalue weighted by molar-refractivity contribution is -0.138. The van der Waals surface area contributed by atoms with Crippen LogP contribution in [0, 0.1) is 13.8 Å². The van der Waals surface area contributed by atoms with Gasteiger partial charge in [-0.2, -0.15) is 0 Å². The van der Waals surface area contributed by atoms with Crippen LogP contribution >= 0.6 is 0 Å². The van der Waals surface area contributed by atoms with Crippen molar-refractivity contribution in [3.63, 3.8) is 0 Å². The number of aryl methyl sites for hydroxylation is 1. The third-order valence-corrected chi connectivity index (χ3v) is 3.04. The molecule has 1 unspecified atom stereocenters. The first kappa shape index (κ1) is 13.4. The maximum atomic E-state index is 11.1. The zero-order chi connectivity index (χ0) is 13.2. The molecule has 0 fully saturated rings. The van der Waals surface area contributed by atoms with Crippen molar-refractivity contribution in [1.29, 1.82) is 0 Å². The fourth-order valence-electron chi connectivity index (χ4n) is 1.89. The molecule has 1 N–H and O–H groups in total. The Labute approximate surface area is 101 Å². The van der Waals surface area contributed by atoms with E-state index < -0.39 is 11.9 Å². The summed E-state index contributed by atoms with van der Waals surface area (Å²) >= 11 is 0. The van der Waals surface area contributed by atoms with E-state index in [1.807, 2.05) is 19.9 Å². The van der Waals surface area contributed by atoms with Gasteiger partial charge in [-0.25, -0.2) is 0 Å². The van der Waals surface area contributed by atoms with Gasteiger partial charge in [-0.1, -0.05) is 0 Å². The molecule has 1 atom stereocenters. The van der Waals surface area contributed by atoms with Crippen LogP contribution < -0.4 is 9.47 Å². The summed E-state index contributed by atoms with van der Waals surface area (Å²) in [5, 5.41) is 9.14. The first-order valence-corrected chi connectivity index (χ1v) is 5.38. The standard InChI is InChI=1S/C13H18O4/c1-7-6-10(16-4)12(17-5)11(8(7)2)9(3)13(14)15/h6,9H,1-5H3,(H,14,15). The fraction of sp³-hybridized carbons (Fsp3) is 0.462. The van der Waals surface area contributed by atoms with Gasteiger partial charge in [0.15, 0.2) is 11.5 Å². The summed E-state index contributed by atoms with van der Waals surface area (Å²) in [5.41, 5.74) is 2.60. The Bertz CT molecular complexity index is 438. The van der Waals surface area contributed by atoms with Gasteiger partial charge in [0.1, 0.15) is 0 Å². The van der Waals surface area contributed by atoms with Crippen molar-refractivity contribution < 1.29 is 19.4 Å². The summed E-state index contributed by atoms with van der Waals surface area (Å²) in [6.45, 7) is 5.47. The summed E-state index contributed by atoms with van der Waals surface area (Å²) in [5.74, 6) is -0.429. The lowest BCUT2D eigenvalue weighted by Gasteiger charge is -2.19. The van der Waals surface area contributed by atoms with Gasteiger partial charge in [0.25, 0.3) is 0 Å². The molecule has 94 valence electrons. The van der Waals surface area contributed by atoms with Crippen LogP contribution in [0.25, 0.3) is 0 Å². The second-order valence-corrected chi connectivity index (χ2v) is 4.03. The highest BCUT2D eigenvalue weighted by Gasteiger charge is 2.24. The van der Waals surface area contributed by atoms with Gasteiger partial charge in [-0.15, -0.1) is 0 Å². The molecular formula is C13H18O4. The lowest BCUT2D eigenvalue weighted by atomic mass is 9.92. The van der Waals surface area contributed by atoms with Crippen LogP contribution in [0.2, 0.25) is 0 Å². The molecule has 0 aliphatic rings. The van der Waals surface area contributed by atoms with Crippen molar-refractivity contribution in [2.75, 3.05) is 14.2 Å². The van der Waals surface area contributed by atoms with E-state index in [4.69, 9.17) is 14.6 Å². The molecule has 0 saturated heterocycles. The Hall–Kier alpha value is -1.71. The number of carbonyl (C=O) groups is 1. The monoisotopic (exact) mass is 238 g/mol. The van der Waals surface area contributed by atoms with E-state index in [-0.39, 0.29) is 0 Å². The molecule has 0 aromatic heterocycles. The van der Waals surface area contributed by atoms with E-state index in [0.29, 0.717) is 17.1 Å². The number of hydrogen-bond donors (Lipinski definition) is 1. The summed E-state index contributed by atoms with van der Waals surface area (Å²) in [6, 6.07) is 1.85. The van der Waals surface area contributed by atoms with Crippen molar-refractivity contribution in [1.82, 2.24) is 0 Å². The molecule has 1 aromatic carbocycles. The minimum atomic E-state index is -0.876. The lowest BCUT2D eigenvalue weighted by Crippen LogP contribution is -2.12. The topological polar surface area (TPSA) is 55.8 Å². The minimum absolute atomic E-state index is 0.505. The molecule has 1 aromatic rings. The van der Waals surface area contributed by atoms with Gasteiger partial charge >= 0.3 is 5.97 Å². The zero-order valence-electron chi connectivity index (χ0n) is 10.8. The third-order valence-electron chi connectivity index (χ3n) is 3.04. The molecule has 0 aliphatic heterocycles. The predicted molar refractivity (Wildman–Crippen MR) is 65.1 cm³/mol. The number of benzene rings is 1. The van der Waals surface area contributed by atoms with Crippen LogP contribution in [0.4, 0.5) is 0 Å². The van der Waals surface area contributed by atoms with Crippen molar-refractivity contribution in [2.45, 2.75) is 26.7 Å². The Morgan fingerprint density at radius 2 is 1.88 bits per heavy atom. The number of methoxy groups -OCH3 is 2. The largest absolute Gasteiger partial charge is 0.493 e. The molecule has 0 bridgehead atoms. The maximum absolute atomic E-state index is 11.1. The van der Waals surface area contributed by atoms with E-state index in [1.54, 1.807) is 14.0 Å². The number of rotatable bonds is 4. The first-order chi connectivity index (χ1) is 7.93. The second-order valence-electron chi connectivity index (χ2n) is 4.03. The summed E-state index contributed by atoms with van der Waals surface area (Å²) in [7, 11) is 3.06. The zero-order valence-corrected chi connectivity index (χ0v) is 10.8. The average molecular weight is 238 g/mol. The minimum Gasteiger partial charge on any atom is -0.493 e. The molecule has 0 radical (unpaired) electrons. The summed E-state index contributed by atoms with van der Waals surface area (Å²) in [4.78, 5) is 11.1. The molecule has 0 amide bonds. The van der Waals surface area contributed by atoms with Crippen LogP contribution in [0.15, 0.2) is 6.07 Å². The highest BCUT2D eigenvalue weighted by molar-refractivity contribution is 5.78. The third kappa shape index (κ3) is 2.35. The normalized spacial score (nSPS) is 12.1. The van der Waals surface area contributed by atoms with E-state index in [9.17, 15) is 4.79 Å². The van der Waals surface area contributed by atoms with Crippen molar-refractivity contribution >= 4 is 5.97 Å². The van der Waals surface area contributed by atoms with E-state index in [2.05, 4.69) is 0 Å². The van der Waals surface area contributed by atoms with Crippen molar-refractivity contribution in [2.24, 2.45) is 0 Å². The van der Waals surface area contributed by atoms with E-state index >= 15 is 0 Å². The van der Waals surface area contributed by atoms with Crippen molar-refractivity contribution in [3.8, 4) is 11.5 Å². The van der Waals surface area contributed by atoms with Gasteiger partial charge < -0.3 is 14.6 Å². The quantitative estimate of drug-likeness (QED) is 0.875. The summed E-state index contributed by atoms with van der Waals surface area (Å²) < 4.78 is 10.5. The van der Waals surface area contributed by atoms with E-state index in [1.165, 1.54) is 7.11 Å². The van der Waals surface area contributed by atoms with Crippen LogP contribution in [0.3, 0.4) is 0 Å². The molecule has 4 heteroatoms. The predicted octanol–water partition coefficient (Wildman–Crippen LogP) is 2.51. The Kier molecular flexibility index (Phi) is 3.99. The maximum Gasteiger partial charge on any atom is 0.310 e. The van der Waals surface area contributed by atoms with Crippen LogP contribution in [0.5, 0.6) is 11.5 Å². The molecule has 1 rings (SSSR count). The molecule has 4 nitrogen and oxygen atoms in total. The molecule has 17 heavy (non-hydrogen) atoms.